The van der Waals surface area contributed by atoms with Gasteiger partial charge in [0, 0.05) is 25.2 Å². The second-order valence-corrected chi connectivity index (χ2v) is 4.89. The summed E-state index contributed by atoms with van der Waals surface area (Å²) in [7, 11) is 1.98. The molecule has 1 N–H and O–H groups in total. The van der Waals surface area contributed by atoms with Crippen molar-refractivity contribution >= 4 is 11.4 Å². The first-order valence-electron chi connectivity index (χ1n) is 6.99. The van der Waals surface area contributed by atoms with Crippen LogP contribution in [-0.2, 0) is 0 Å². The molecule has 1 aliphatic heterocycles. The second-order valence-electron chi connectivity index (χ2n) is 4.89. The van der Waals surface area contributed by atoms with E-state index >= 15 is 0 Å². The van der Waals surface area contributed by atoms with E-state index in [4.69, 9.17) is 4.74 Å². The topological polar surface area (TPSA) is 67.6 Å². The van der Waals surface area contributed by atoms with Crippen molar-refractivity contribution in [3.63, 3.8) is 0 Å². The Balaban J connectivity index is 2.20. The van der Waals surface area contributed by atoms with Crippen molar-refractivity contribution in [2.75, 3.05) is 31.6 Å². The van der Waals surface area contributed by atoms with Crippen LogP contribution < -0.4 is 15.0 Å². The zero-order chi connectivity index (χ0) is 14.5. The first-order chi connectivity index (χ1) is 9.65. The van der Waals surface area contributed by atoms with Crippen LogP contribution in [0.15, 0.2) is 18.2 Å². The largest absolute Gasteiger partial charge is 0.491 e. The number of piperidine rings is 1. The molecular formula is C14H21N3O3. The van der Waals surface area contributed by atoms with Gasteiger partial charge in [0.05, 0.1) is 23.3 Å². The molecule has 0 saturated carbocycles. The van der Waals surface area contributed by atoms with Crippen LogP contribution >= 0.6 is 0 Å². The van der Waals surface area contributed by atoms with Gasteiger partial charge in [-0.15, -0.1) is 0 Å². The summed E-state index contributed by atoms with van der Waals surface area (Å²) in [4.78, 5) is 12.7. The van der Waals surface area contributed by atoms with Gasteiger partial charge in [-0.3, -0.25) is 10.1 Å². The molecule has 0 radical (unpaired) electrons. The third-order valence-corrected chi connectivity index (χ3v) is 3.70. The van der Waals surface area contributed by atoms with Crippen molar-refractivity contribution in [2.24, 2.45) is 0 Å². The van der Waals surface area contributed by atoms with Gasteiger partial charge in [-0.2, -0.15) is 0 Å². The van der Waals surface area contributed by atoms with Crippen LogP contribution in [-0.4, -0.2) is 37.7 Å². The fourth-order valence-corrected chi connectivity index (χ4v) is 2.56. The summed E-state index contributed by atoms with van der Waals surface area (Å²) in [5, 5.41) is 14.1. The lowest BCUT2D eigenvalue weighted by molar-refractivity contribution is -0.384. The molecule has 0 aromatic heterocycles. The smallest absolute Gasteiger partial charge is 0.273 e. The van der Waals surface area contributed by atoms with Crippen LogP contribution in [0.1, 0.15) is 19.8 Å². The molecule has 6 nitrogen and oxygen atoms in total. The molecule has 20 heavy (non-hydrogen) atoms. The minimum atomic E-state index is -0.389. The molecule has 0 bridgehead atoms. The Morgan fingerprint density at radius 2 is 2.15 bits per heavy atom. The zero-order valence-corrected chi connectivity index (χ0v) is 12.0. The number of hydrogen-bond donors (Lipinski definition) is 1. The van der Waals surface area contributed by atoms with Gasteiger partial charge < -0.3 is 15.0 Å². The molecule has 1 aromatic rings. The lowest BCUT2D eigenvalue weighted by atomic mass is 10.0. The van der Waals surface area contributed by atoms with Gasteiger partial charge in [0.15, 0.2) is 0 Å². The van der Waals surface area contributed by atoms with Crippen molar-refractivity contribution in [3.8, 4) is 5.75 Å². The van der Waals surface area contributed by atoms with Crippen molar-refractivity contribution in [3.05, 3.63) is 28.3 Å². The maximum Gasteiger partial charge on any atom is 0.273 e. The molecule has 6 heteroatoms. The Morgan fingerprint density at radius 3 is 2.70 bits per heavy atom. The van der Waals surface area contributed by atoms with Gasteiger partial charge in [0.25, 0.3) is 5.69 Å². The van der Waals surface area contributed by atoms with E-state index in [1.807, 2.05) is 14.0 Å². The third kappa shape index (κ3) is 3.19. The van der Waals surface area contributed by atoms with E-state index in [2.05, 4.69) is 10.2 Å². The molecule has 1 saturated heterocycles. The van der Waals surface area contributed by atoms with Crippen LogP contribution in [0.25, 0.3) is 0 Å². The molecule has 1 aromatic carbocycles. The molecule has 0 spiro atoms. The maximum absolute atomic E-state index is 10.9. The lowest BCUT2D eigenvalue weighted by Crippen LogP contribution is -2.41. The van der Waals surface area contributed by atoms with E-state index < -0.39 is 0 Å². The minimum Gasteiger partial charge on any atom is -0.491 e. The number of nitrogens with one attached hydrogen (secondary N) is 1. The Kier molecular flexibility index (Phi) is 4.79. The standard InChI is InChI=1S/C14H21N3O3/c1-3-20-14-10-12(17(18)19)4-5-13(14)16-8-6-11(15-2)7-9-16/h4-5,10-11,15H,3,6-9H2,1-2H3. The van der Waals surface area contributed by atoms with Crippen molar-refractivity contribution in [2.45, 2.75) is 25.8 Å². The van der Waals surface area contributed by atoms with Crippen molar-refractivity contribution < 1.29 is 9.66 Å². The van der Waals surface area contributed by atoms with E-state index in [0.717, 1.165) is 31.6 Å². The highest BCUT2D eigenvalue weighted by Crippen LogP contribution is 2.33. The maximum atomic E-state index is 10.9. The first-order valence-corrected chi connectivity index (χ1v) is 6.99. The summed E-state index contributed by atoms with van der Waals surface area (Å²) in [6.45, 7) is 4.25. The summed E-state index contributed by atoms with van der Waals surface area (Å²) in [6.07, 6.45) is 2.14. The number of hydrogen-bond acceptors (Lipinski definition) is 5. The number of nitro benzene ring substituents is 1. The van der Waals surface area contributed by atoms with Crippen LogP contribution in [0, 0.1) is 10.1 Å². The van der Waals surface area contributed by atoms with E-state index in [-0.39, 0.29) is 10.6 Å². The number of rotatable bonds is 5. The van der Waals surface area contributed by atoms with Gasteiger partial charge in [-0.05, 0) is 32.9 Å². The monoisotopic (exact) mass is 279 g/mol. The van der Waals surface area contributed by atoms with Gasteiger partial charge in [0.1, 0.15) is 5.75 Å². The van der Waals surface area contributed by atoms with Gasteiger partial charge in [-0.1, -0.05) is 0 Å². The van der Waals surface area contributed by atoms with E-state index in [1.54, 1.807) is 12.1 Å². The SMILES string of the molecule is CCOc1cc([N+](=O)[O-])ccc1N1CCC(NC)CC1. The molecule has 110 valence electrons. The first kappa shape index (κ1) is 14.6. The summed E-state index contributed by atoms with van der Waals surface area (Å²) in [5.74, 6) is 0.601. The Hall–Kier alpha value is -1.82. The summed E-state index contributed by atoms with van der Waals surface area (Å²) >= 11 is 0. The average molecular weight is 279 g/mol. The average Bonchev–Trinajstić information content (AvgIpc) is 2.47. The number of nitrogens with zero attached hydrogens (tertiary/aromatic N) is 2. The van der Waals surface area contributed by atoms with E-state index in [0.29, 0.717) is 18.4 Å². The lowest BCUT2D eigenvalue weighted by Gasteiger charge is -2.34. The molecule has 0 unspecified atom stereocenters. The highest BCUT2D eigenvalue weighted by atomic mass is 16.6. The van der Waals surface area contributed by atoms with E-state index in [1.165, 1.54) is 6.07 Å². The van der Waals surface area contributed by atoms with Crippen LogP contribution in [0.4, 0.5) is 11.4 Å². The highest BCUT2D eigenvalue weighted by Gasteiger charge is 2.22. The third-order valence-electron chi connectivity index (χ3n) is 3.70. The number of non-ortho nitro benzene ring substituents is 1. The van der Waals surface area contributed by atoms with Crippen molar-refractivity contribution in [1.82, 2.24) is 5.32 Å². The Morgan fingerprint density at radius 1 is 1.45 bits per heavy atom. The quantitative estimate of drug-likeness (QED) is 0.661. The molecule has 0 aliphatic carbocycles. The molecular weight excluding hydrogens is 258 g/mol. The van der Waals surface area contributed by atoms with Crippen LogP contribution in [0.3, 0.4) is 0 Å². The molecule has 1 heterocycles. The zero-order valence-electron chi connectivity index (χ0n) is 12.0. The number of ether oxygens (including phenoxy) is 1. The Labute approximate surface area is 118 Å². The molecule has 2 rings (SSSR count). The predicted octanol–water partition coefficient (Wildman–Crippen LogP) is 2.18. The second kappa shape index (κ2) is 6.56. The predicted molar refractivity (Wildman–Crippen MR) is 78.6 cm³/mol. The highest BCUT2D eigenvalue weighted by molar-refractivity contribution is 5.62. The van der Waals surface area contributed by atoms with Crippen LogP contribution in [0.5, 0.6) is 5.75 Å². The molecule has 1 fully saturated rings. The summed E-state index contributed by atoms with van der Waals surface area (Å²) in [6, 6.07) is 5.41. The molecule has 0 atom stereocenters. The minimum absolute atomic E-state index is 0.0716. The summed E-state index contributed by atoms with van der Waals surface area (Å²) < 4.78 is 5.57. The molecule has 1 aliphatic rings. The van der Waals surface area contributed by atoms with Crippen molar-refractivity contribution in [1.29, 1.82) is 0 Å². The summed E-state index contributed by atoms with van der Waals surface area (Å²) in [5.41, 5.74) is 1.02. The van der Waals surface area contributed by atoms with Crippen LogP contribution in [0.2, 0.25) is 0 Å². The Bertz CT molecular complexity index is 471. The normalized spacial score (nSPS) is 16.2. The number of benzene rings is 1. The van der Waals surface area contributed by atoms with Gasteiger partial charge >= 0.3 is 0 Å². The van der Waals surface area contributed by atoms with E-state index in [9.17, 15) is 10.1 Å². The fraction of sp³-hybridized carbons (Fsp3) is 0.571. The molecule has 0 amide bonds. The number of nitro groups is 1. The fourth-order valence-electron chi connectivity index (χ4n) is 2.56. The number of anilines is 1. The van der Waals surface area contributed by atoms with Gasteiger partial charge in [-0.25, -0.2) is 0 Å². The van der Waals surface area contributed by atoms with Gasteiger partial charge in [0.2, 0.25) is 0 Å².